The van der Waals surface area contributed by atoms with Gasteiger partial charge in [0.25, 0.3) is 0 Å². The molecule has 4 rings (SSSR count). The summed E-state index contributed by atoms with van der Waals surface area (Å²) in [4.78, 5) is 24.5. The maximum Gasteiger partial charge on any atom is 0.243 e. The van der Waals surface area contributed by atoms with Crippen molar-refractivity contribution in [2.75, 3.05) is 5.75 Å². The molecule has 0 aliphatic carbocycles. The zero-order valence-corrected chi connectivity index (χ0v) is 24.6. The van der Waals surface area contributed by atoms with Gasteiger partial charge in [0.1, 0.15) is 0 Å². The summed E-state index contributed by atoms with van der Waals surface area (Å²) in [6.07, 6.45) is 3.96. The van der Waals surface area contributed by atoms with Crippen LogP contribution in [0.2, 0.25) is 0 Å². The van der Waals surface area contributed by atoms with Gasteiger partial charge in [-0.2, -0.15) is 0 Å². The standard InChI is InChI=1S/C33H40N2O6S/c36-22-25-14-16-26(17-15-25)30-20-28(23-42-29-8-4-3-5-9-29)40-33(41-30)27-18-12-24(13-19-27)21-34-31(37)10-6-1-2-7-11-32(38)35-39/h3-5,8-9,12-19,28,30,33,36,39H,1-2,6-7,10-11,20-23H2,(H,34,37)(H,35,38)/t28-,30+,33+/m1/s1. The SMILES string of the molecule is O=C(CCCCCCC(=O)NCc1ccc([C@H]2O[C@@H](CSc3ccccc3)C[C@@H](c3ccc(CO)cc3)O2)cc1)NO. The largest absolute Gasteiger partial charge is 0.392 e. The van der Waals surface area contributed by atoms with Gasteiger partial charge in [-0.1, -0.05) is 79.6 Å². The lowest BCUT2D eigenvalue weighted by Crippen LogP contribution is -2.31. The Kier molecular flexibility index (Phi) is 12.9. The number of ether oxygens (including phenoxy) is 2. The van der Waals surface area contributed by atoms with Crippen LogP contribution in [0.25, 0.3) is 0 Å². The van der Waals surface area contributed by atoms with Crippen molar-refractivity contribution in [3.8, 4) is 0 Å². The van der Waals surface area contributed by atoms with Gasteiger partial charge < -0.3 is 19.9 Å². The lowest BCUT2D eigenvalue weighted by Gasteiger charge is -2.36. The van der Waals surface area contributed by atoms with E-state index in [1.165, 1.54) is 4.90 Å². The molecule has 1 aliphatic rings. The van der Waals surface area contributed by atoms with Crippen LogP contribution in [0.3, 0.4) is 0 Å². The predicted molar refractivity (Wildman–Crippen MR) is 162 cm³/mol. The smallest absolute Gasteiger partial charge is 0.243 e. The minimum atomic E-state index is -0.519. The van der Waals surface area contributed by atoms with Crippen LogP contribution in [-0.4, -0.2) is 34.0 Å². The molecular formula is C33H40N2O6S. The number of thioether (sulfide) groups is 1. The first kappa shape index (κ1) is 31.7. The van der Waals surface area contributed by atoms with E-state index in [1.807, 2.05) is 66.7 Å². The molecular weight excluding hydrogens is 552 g/mol. The molecule has 0 bridgehead atoms. The van der Waals surface area contributed by atoms with Gasteiger partial charge in [0.15, 0.2) is 6.29 Å². The molecule has 1 heterocycles. The van der Waals surface area contributed by atoms with Crippen molar-refractivity contribution < 1.29 is 29.4 Å². The van der Waals surface area contributed by atoms with E-state index in [0.29, 0.717) is 25.8 Å². The second kappa shape index (κ2) is 17.0. The van der Waals surface area contributed by atoms with Gasteiger partial charge >= 0.3 is 0 Å². The average Bonchev–Trinajstić information content (AvgIpc) is 3.04. The number of hydrogen-bond donors (Lipinski definition) is 4. The average molecular weight is 593 g/mol. The molecule has 4 N–H and O–H groups in total. The molecule has 224 valence electrons. The zero-order valence-electron chi connectivity index (χ0n) is 23.7. The Hall–Kier alpha value is -3.21. The quantitative estimate of drug-likeness (QED) is 0.0743. The fraction of sp³-hybridized carbons (Fsp3) is 0.394. The summed E-state index contributed by atoms with van der Waals surface area (Å²) in [6.45, 7) is 0.451. The summed E-state index contributed by atoms with van der Waals surface area (Å²) < 4.78 is 12.9. The number of benzene rings is 3. The summed E-state index contributed by atoms with van der Waals surface area (Å²) in [5.74, 6) is 0.424. The second-order valence-electron chi connectivity index (χ2n) is 10.4. The molecule has 42 heavy (non-hydrogen) atoms. The van der Waals surface area contributed by atoms with Crippen molar-refractivity contribution in [3.63, 3.8) is 0 Å². The van der Waals surface area contributed by atoms with E-state index in [1.54, 1.807) is 17.2 Å². The van der Waals surface area contributed by atoms with Gasteiger partial charge in [-0.25, -0.2) is 5.48 Å². The van der Waals surface area contributed by atoms with Crippen LogP contribution in [0.5, 0.6) is 0 Å². The van der Waals surface area contributed by atoms with E-state index < -0.39 is 6.29 Å². The minimum absolute atomic E-state index is 0.0000544. The van der Waals surface area contributed by atoms with Crippen molar-refractivity contribution >= 4 is 23.6 Å². The van der Waals surface area contributed by atoms with Gasteiger partial charge in [-0.05, 0) is 41.7 Å². The maximum atomic E-state index is 12.3. The molecule has 1 aliphatic heterocycles. The van der Waals surface area contributed by atoms with Gasteiger partial charge in [0.2, 0.25) is 11.8 Å². The molecule has 3 atom stereocenters. The van der Waals surface area contributed by atoms with Crippen LogP contribution < -0.4 is 10.8 Å². The first-order valence-corrected chi connectivity index (χ1v) is 15.5. The Labute approximate surface area is 251 Å². The molecule has 9 heteroatoms. The summed E-state index contributed by atoms with van der Waals surface area (Å²) in [5, 5.41) is 20.9. The van der Waals surface area contributed by atoms with E-state index in [4.69, 9.17) is 14.7 Å². The highest BCUT2D eigenvalue weighted by Gasteiger charge is 2.32. The molecule has 2 amide bonds. The summed E-state index contributed by atoms with van der Waals surface area (Å²) in [7, 11) is 0. The van der Waals surface area contributed by atoms with Crippen molar-refractivity contribution in [3.05, 3.63) is 101 Å². The zero-order chi connectivity index (χ0) is 29.6. The molecule has 0 spiro atoms. The number of aliphatic hydroxyl groups excluding tert-OH is 1. The highest BCUT2D eigenvalue weighted by Crippen LogP contribution is 2.39. The molecule has 3 aromatic rings. The molecule has 1 saturated heterocycles. The Balaban J connectivity index is 1.30. The summed E-state index contributed by atoms with van der Waals surface area (Å²) in [5.41, 5.74) is 5.47. The van der Waals surface area contributed by atoms with E-state index >= 15 is 0 Å². The van der Waals surface area contributed by atoms with Crippen LogP contribution in [0.4, 0.5) is 0 Å². The number of rotatable bonds is 15. The lowest BCUT2D eigenvalue weighted by molar-refractivity contribution is -0.245. The number of hydrogen-bond acceptors (Lipinski definition) is 7. The number of unbranched alkanes of at least 4 members (excludes halogenated alkanes) is 3. The first-order valence-electron chi connectivity index (χ1n) is 14.5. The van der Waals surface area contributed by atoms with E-state index in [2.05, 4.69) is 17.4 Å². The van der Waals surface area contributed by atoms with Crippen LogP contribution in [0.15, 0.2) is 83.8 Å². The van der Waals surface area contributed by atoms with Crippen molar-refractivity contribution in [1.82, 2.24) is 10.8 Å². The monoisotopic (exact) mass is 592 g/mol. The molecule has 0 saturated carbocycles. The molecule has 0 aromatic heterocycles. The number of amides is 2. The number of carbonyl (C=O) groups is 2. The highest BCUT2D eigenvalue weighted by molar-refractivity contribution is 7.99. The number of aliphatic hydroxyl groups is 1. The molecule has 3 aromatic carbocycles. The first-order chi connectivity index (χ1) is 20.5. The molecule has 0 unspecified atom stereocenters. The van der Waals surface area contributed by atoms with Crippen molar-refractivity contribution in [2.45, 2.75) is 81.5 Å². The van der Waals surface area contributed by atoms with Gasteiger partial charge in [-0.3, -0.25) is 14.8 Å². The van der Waals surface area contributed by atoms with E-state index in [9.17, 15) is 14.7 Å². The fourth-order valence-corrected chi connectivity index (χ4v) is 5.73. The normalized spacial score (nSPS) is 18.4. The van der Waals surface area contributed by atoms with Crippen LogP contribution in [0, 0.1) is 0 Å². The number of nitrogens with one attached hydrogen (secondary N) is 2. The minimum Gasteiger partial charge on any atom is -0.392 e. The topological polar surface area (TPSA) is 117 Å². The van der Waals surface area contributed by atoms with Crippen LogP contribution in [-0.2, 0) is 32.2 Å². The summed E-state index contributed by atoms with van der Waals surface area (Å²) in [6, 6.07) is 26.1. The highest BCUT2D eigenvalue weighted by atomic mass is 32.2. The third-order valence-corrected chi connectivity index (χ3v) is 8.36. The van der Waals surface area contributed by atoms with Crippen LogP contribution in [0.1, 0.15) is 79.6 Å². The maximum absolute atomic E-state index is 12.3. The third kappa shape index (κ3) is 10.3. The van der Waals surface area contributed by atoms with Gasteiger partial charge in [0, 0.05) is 42.0 Å². The molecule has 8 nitrogen and oxygen atoms in total. The summed E-state index contributed by atoms with van der Waals surface area (Å²) >= 11 is 1.77. The van der Waals surface area contributed by atoms with Crippen molar-refractivity contribution in [2.24, 2.45) is 0 Å². The Bertz CT molecular complexity index is 1240. The molecule has 1 fully saturated rings. The van der Waals surface area contributed by atoms with Gasteiger partial charge in [0.05, 0.1) is 18.8 Å². The number of hydroxylamine groups is 1. The van der Waals surface area contributed by atoms with Crippen molar-refractivity contribution in [1.29, 1.82) is 0 Å². The lowest BCUT2D eigenvalue weighted by atomic mass is 10.0. The predicted octanol–water partition coefficient (Wildman–Crippen LogP) is 5.98. The van der Waals surface area contributed by atoms with E-state index in [-0.39, 0.29) is 30.6 Å². The Morgan fingerprint density at radius 1 is 0.786 bits per heavy atom. The van der Waals surface area contributed by atoms with Crippen LogP contribution >= 0.6 is 11.8 Å². The number of carbonyl (C=O) groups excluding carboxylic acids is 2. The van der Waals surface area contributed by atoms with Gasteiger partial charge in [-0.15, -0.1) is 11.8 Å². The third-order valence-electron chi connectivity index (χ3n) is 7.22. The Morgan fingerprint density at radius 2 is 1.43 bits per heavy atom. The fourth-order valence-electron chi connectivity index (χ4n) is 4.79. The second-order valence-corrected chi connectivity index (χ2v) is 11.5. The Morgan fingerprint density at radius 3 is 2.10 bits per heavy atom. The molecule has 0 radical (unpaired) electrons. The van der Waals surface area contributed by atoms with E-state index in [0.717, 1.165) is 53.7 Å².